The van der Waals surface area contributed by atoms with Crippen molar-refractivity contribution in [1.29, 1.82) is 0 Å². The predicted octanol–water partition coefficient (Wildman–Crippen LogP) is 3.60. The molecule has 0 bridgehead atoms. The number of unbranched alkanes of at least 4 members (excludes halogenated alkanes) is 2. The zero-order valence-corrected chi connectivity index (χ0v) is 12.5. The van der Waals surface area contributed by atoms with Gasteiger partial charge in [-0.2, -0.15) is 5.10 Å². The summed E-state index contributed by atoms with van der Waals surface area (Å²) in [7, 11) is 0. The molecule has 0 radical (unpaired) electrons. The van der Waals surface area contributed by atoms with Crippen LogP contribution in [0, 0.1) is 0 Å². The van der Waals surface area contributed by atoms with Crippen LogP contribution in [-0.4, -0.2) is 33.6 Å². The number of rotatable bonds is 6. The number of nitrogens with zero attached hydrogens (tertiary/aromatic N) is 2. The second-order valence-corrected chi connectivity index (χ2v) is 5.47. The Bertz CT molecular complexity index is 574. The number of nitrogens with one attached hydrogen (secondary N) is 1. The number of carbonyl (C=O) groups excluding carboxylic acids is 1. The Morgan fingerprint density at radius 1 is 1.35 bits per heavy atom. The molecule has 0 saturated carbocycles. The van der Waals surface area contributed by atoms with E-state index in [1.807, 2.05) is 23.1 Å². The standard InChI is InChI=1S/C16H23N3O/c1-4-5-6-9-19(12(2)3)16(20)13-7-8-14-11-17-18-15(14)10-13/h7-8,10-12H,4-6,9H2,1-3H3,(H,17,18). The molecule has 20 heavy (non-hydrogen) atoms. The maximum atomic E-state index is 12.6. The first-order chi connectivity index (χ1) is 9.63. The van der Waals surface area contributed by atoms with Crippen molar-refractivity contribution in [2.75, 3.05) is 6.54 Å². The van der Waals surface area contributed by atoms with Gasteiger partial charge in [0.2, 0.25) is 0 Å². The Labute approximate surface area is 120 Å². The maximum absolute atomic E-state index is 12.6. The van der Waals surface area contributed by atoms with E-state index in [2.05, 4.69) is 31.0 Å². The van der Waals surface area contributed by atoms with E-state index in [0.717, 1.165) is 35.9 Å². The van der Waals surface area contributed by atoms with E-state index in [9.17, 15) is 4.79 Å². The fraction of sp³-hybridized carbons (Fsp3) is 0.500. The molecule has 1 N–H and O–H groups in total. The molecular weight excluding hydrogens is 250 g/mol. The Morgan fingerprint density at radius 3 is 2.85 bits per heavy atom. The van der Waals surface area contributed by atoms with Crippen LogP contribution in [-0.2, 0) is 0 Å². The van der Waals surface area contributed by atoms with Gasteiger partial charge in [-0.1, -0.05) is 25.8 Å². The fourth-order valence-corrected chi connectivity index (χ4v) is 2.36. The van der Waals surface area contributed by atoms with Crippen LogP contribution in [0.5, 0.6) is 0 Å². The molecule has 1 amide bonds. The molecule has 0 saturated heterocycles. The molecule has 1 aromatic heterocycles. The second kappa shape index (κ2) is 6.55. The summed E-state index contributed by atoms with van der Waals surface area (Å²) in [5.74, 6) is 0.104. The highest BCUT2D eigenvalue weighted by atomic mass is 16.2. The first kappa shape index (κ1) is 14.6. The maximum Gasteiger partial charge on any atom is 0.254 e. The van der Waals surface area contributed by atoms with Gasteiger partial charge in [-0.05, 0) is 32.4 Å². The SMILES string of the molecule is CCCCCN(C(=O)c1ccc2cn[nH]c2c1)C(C)C. The van der Waals surface area contributed by atoms with E-state index >= 15 is 0 Å². The van der Waals surface area contributed by atoms with E-state index in [0.29, 0.717) is 0 Å². The molecule has 2 aromatic rings. The highest BCUT2D eigenvalue weighted by Gasteiger charge is 2.18. The highest BCUT2D eigenvalue weighted by Crippen LogP contribution is 2.16. The summed E-state index contributed by atoms with van der Waals surface area (Å²) in [6, 6.07) is 5.93. The van der Waals surface area contributed by atoms with Crippen LogP contribution in [0.4, 0.5) is 0 Å². The van der Waals surface area contributed by atoms with Gasteiger partial charge in [-0.25, -0.2) is 0 Å². The van der Waals surface area contributed by atoms with E-state index in [1.165, 1.54) is 6.42 Å². The summed E-state index contributed by atoms with van der Waals surface area (Å²) in [5.41, 5.74) is 1.64. The Balaban J connectivity index is 2.17. The number of benzene rings is 1. The normalized spacial score (nSPS) is 11.2. The lowest BCUT2D eigenvalue weighted by atomic mass is 10.1. The van der Waals surface area contributed by atoms with Gasteiger partial charge in [0.15, 0.2) is 0 Å². The van der Waals surface area contributed by atoms with Gasteiger partial charge in [0, 0.05) is 23.5 Å². The van der Waals surface area contributed by atoms with Crippen molar-refractivity contribution in [2.45, 2.75) is 46.1 Å². The molecule has 0 atom stereocenters. The zero-order valence-electron chi connectivity index (χ0n) is 12.5. The molecule has 0 aliphatic carbocycles. The molecule has 0 spiro atoms. The molecule has 0 aliphatic heterocycles. The van der Waals surface area contributed by atoms with Crippen LogP contribution in [0.25, 0.3) is 10.9 Å². The van der Waals surface area contributed by atoms with Gasteiger partial charge >= 0.3 is 0 Å². The monoisotopic (exact) mass is 273 g/mol. The molecule has 4 heteroatoms. The molecule has 1 heterocycles. The number of aromatic nitrogens is 2. The lowest BCUT2D eigenvalue weighted by molar-refractivity contribution is 0.0702. The van der Waals surface area contributed by atoms with E-state index < -0.39 is 0 Å². The number of fused-ring (bicyclic) bond motifs is 1. The third-order valence-electron chi connectivity index (χ3n) is 3.58. The first-order valence-electron chi connectivity index (χ1n) is 7.37. The van der Waals surface area contributed by atoms with Gasteiger partial charge in [-0.15, -0.1) is 0 Å². The van der Waals surface area contributed by atoms with Crippen molar-refractivity contribution < 1.29 is 4.79 Å². The summed E-state index contributed by atoms with van der Waals surface area (Å²) in [6.45, 7) is 7.14. The lowest BCUT2D eigenvalue weighted by Crippen LogP contribution is -2.37. The molecule has 1 aromatic carbocycles. The van der Waals surface area contributed by atoms with Crippen molar-refractivity contribution in [3.63, 3.8) is 0 Å². The van der Waals surface area contributed by atoms with E-state index in [-0.39, 0.29) is 11.9 Å². The first-order valence-corrected chi connectivity index (χ1v) is 7.37. The number of hydrogen-bond acceptors (Lipinski definition) is 2. The van der Waals surface area contributed by atoms with Crippen LogP contribution in [0.2, 0.25) is 0 Å². The third kappa shape index (κ3) is 3.18. The smallest absolute Gasteiger partial charge is 0.254 e. The molecule has 2 rings (SSSR count). The van der Waals surface area contributed by atoms with Crippen molar-refractivity contribution in [3.8, 4) is 0 Å². The predicted molar refractivity (Wildman–Crippen MR) is 81.8 cm³/mol. The minimum absolute atomic E-state index is 0.104. The van der Waals surface area contributed by atoms with Crippen molar-refractivity contribution in [3.05, 3.63) is 30.0 Å². The fourth-order valence-electron chi connectivity index (χ4n) is 2.36. The number of hydrogen-bond donors (Lipinski definition) is 1. The van der Waals surface area contributed by atoms with Crippen LogP contribution >= 0.6 is 0 Å². The van der Waals surface area contributed by atoms with Gasteiger partial charge in [0.25, 0.3) is 5.91 Å². The molecule has 4 nitrogen and oxygen atoms in total. The van der Waals surface area contributed by atoms with Gasteiger partial charge in [-0.3, -0.25) is 9.89 Å². The quantitative estimate of drug-likeness (QED) is 0.817. The third-order valence-corrected chi connectivity index (χ3v) is 3.58. The van der Waals surface area contributed by atoms with Crippen molar-refractivity contribution >= 4 is 16.8 Å². The minimum atomic E-state index is 0.104. The second-order valence-electron chi connectivity index (χ2n) is 5.47. The average Bonchev–Trinajstić information content (AvgIpc) is 2.89. The molecule has 0 unspecified atom stereocenters. The summed E-state index contributed by atoms with van der Waals surface area (Å²) < 4.78 is 0. The number of carbonyl (C=O) groups is 1. The average molecular weight is 273 g/mol. The van der Waals surface area contributed by atoms with E-state index in [4.69, 9.17) is 0 Å². The largest absolute Gasteiger partial charge is 0.336 e. The molecule has 108 valence electrons. The summed E-state index contributed by atoms with van der Waals surface area (Å²) in [4.78, 5) is 14.6. The van der Waals surface area contributed by atoms with Crippen LogP contribution < -0.4 is 0 Å². The van der Waals surface area contributed by atoms with Crippen molar-refractivity contribution in [2.24, 2.45) is 0 Å². The highest BCUT2D eigenvalue weighted by molar-refractivity contribution is 5.97. The van der Waals surface area contributed by atoms with Gasteiger partial charge in [0.1, 0.15) is 0 Å². The van der Waals surface area contributed by atoms with Crippen LogP contribution in [0.1, 0.15) is 50.4 Å². The molecule has 0 fully saturated rings. The van der Waals surface area contributed by atoms with Gasteiger partial charge in [0.05, 0.1) is 11.7 Å². The van der Waals surface area contributed by atoms with Crippen LogP contribution in [0.15, 0.2) is 24.4 Å². The lowest BCUT2D eigenvalue weighted by Gasteiger charge is -2.27. The van der Waals surface area contributed by atoms with Crippen LogP contribution in [0.3, 0.4) is 0 Å². The molecular formula is C16H23N3O. The number of amides is 1. The topological polar surface area (TPSA) is 49.0 Å². The Morgan fingerprint density at radius 2 is 2.15 bits per heavy atom. The Kier molecular flexibility index (Phi) is 4.77. The number of H-pyrrole nitrogens is 1. The summed E-state index contributed by atoms with van der Waals surface area (Å²) in [6.07, 6.45) is 5.16. The number of aromatic amines is 1. The summed E-state index contributed by atoms with van der Waals surface area (Å²) in [5, 5.41) is 7.94. The Hall–Kier alpha value is -1.84. The minimum Gasteiger partial charge on any atom is -0.336 e. The molecule has 0 aliphatic rings. The zero-order chi connectivity index (χ0) is 14.5. The van der Waals surface area contributed by atoms with Crippen molar-refractivity contribution in [1.82, 2.24) is 15.1 Å². The van der Waals surface area contributed by atoms with Gasteiger partial charge < -0.3 is 4.90 Å². The van der Waals surface area contributed by atoms with E-state index in [1.54, 1.807) is 6.20 Å². The summed E-state index contributed by atoms with van der Waals surface area (Å²) >= 11 is 0.